The molecule has 2 unspecified atom stereocenters. The van der Waals surface area contributed by atoms with Crippen LogP contribution in [-0.4, -0.2) is 24.5 Å². The number of anilines is 1. The number of carbonyl (C=O) groups excluding carboxylic acids is 2. The normalized spacial score (nSPS) is 19.1. The van der Waals surface area contributed by atoms with Crippen LogP contribution < -0.4 is 11.1 Å². The largest absolute Gasteiger partial charge is 0.465 e. The molecule has 5 nitrogen and oxygen atoms in total. The molecule has 1 heterocycles. The van der Waals surface area contributed by atoms with Gasteiger partial charge in [-0.15, -0.1) is 0 Å². The predicted octanol–water partition coefficient (Wildman–Crippen LogP) is 1.16. The van der Waals surface area contributed by atoms with Gasteiger partial charge in [0.15, 0.2) is 0 Å². The van der Waals surface area contributed by atoms with E-state index in [-0.39, 0.29) is 12.5 Å². The van der Waals surface area contributed by atoms with Gasteiger partial charge in [-0.05, 0) is 18.6 Å². The van der Waals surface area contributed by atoms with Crippen LogP contribution in [0.3, 0.4) is 0 Å². The Balaban J connectivity index is 2.22. The smallest absolute Gasteiger partial charge is 0.324 e. The lowest BCUT2D eigenvalue weighted by atomic mass is 9.99. The lowest BCUT2D eigenvalue weighted by Crippen LogP contribution is -2.43. The molecule has 3 N–H and O–H groups in total. The molecule has 0 saturated carbocycles. The summed E-state index contributed by atoms with van der Waals surface area (Å²) in [6, 6.07) is 6.39. The van der Waals surface area contributed by atoms with Gasteiger partial charge in [0.05, 0.1) is 12.5 Å². The highest BCUT2D eigenvalue weighted by molar-refractivity contribution is 6.00. The first-order chi connectivity index (χ1) is 9.13. The van der Waals surface area contributed by atoms with Gasteiger partial charge >= 0.3 is 5.97 Å². The number of amides is 1. The summed E-state index contributed by atoms with van der Waals surface area (Å²) < 4.78 is 4.85. The summed E-state index contributed by atoms with van der Waals surface area (Å²) in [5.74, 6) is -1.61. The Morgan fingerprint density at radius 2 is 2.21 bits per heavy atom. The molecule has 1 aliphatic rings. The number of hydrogen-bond acceptors (Lipinski definition) is 4. The van der Waals surface area contributed by atoms with Gasteiger partial charge < -0.3 is 15.8 Å². The zero-order chi connectivity index (χ0) is 13.8. The second kappa shape index (κ2) is 5.67. The molecule has 0 aliphatic carbocycles. The Morgan fingerprint density at radius 1 is 1.47 bits per heavy atom. The first kappa shape index (κ1) is 13.3. The van der Waals surface area contributed by atoms with Gasteiger partial charge in [-0.1, -0.05) is 30.4 Å². The number of esters is 1. The van der Waals surface area contributed by atoms with E-state index in [2.05, 4.69) is 5.32 Å². The molecule has 0 radical (unpaired) electrons. The third-order valence-electron chi connectivity index (χ3n) is 2.95. The SMILES string of the molecule is CCOC(=O)C(N)C1C=Cc2ccccc2NC1=O. The Hall–Kier alpha value is -2.14. The number of para-hydroxylation sites is 1. The molecule has 0 fully saturated rings. The van der Waals surface area contributed by atoms with Crippen molar-refractivity contribution in [2.75, 3.05) is 11.9 Å². The second-order valence-corrected chi connectivity index (χ2v) is 4.24. The van der Waals surface area contributed by atoms with Crippen molar-refractivity contribution >= 4 is 23.6 Å². The highest BCUT2D eigenvalue weighted by Crippen LogP contribution is 2.23. The van der Waals surface area contributed by atoms with E-state index >= 15 is 0 Å². The first-order valence-corrected chi connectivity index (χ1v) is 6.13. The summed E-state index contributed by atoms with van der Waals surface area (Å²) in [7, 11) is 0. The third-order valence-corrected chi connectivity index (χ3v) is 2.95. The molecular weight excluding hydrogens is 244 g/mol. The average molecular weight is 260 g/mol. The van der Waals surface area contributed by atoms with Gasteiger partial charge in [-0.3, -0.25) is 9.59 Å². The van der Waals surface area contributed by atoms with E-state index in [9.17, 15) is 9.59 Å². The van der Waals surface area contributed by atoms with E-state index in [1.807, 2.05) is 18.2 Å². The maximum absolute atomic E-state index is 12.1. The highest BCUT2D eigenvalue weighted by atomic mass is 16.5. The van der Waals surface area contributed by atoms with Crippen molar-refractivity contribution in [3.63, 3.8) is 0 Å². The van der Waals surface area contributed by atoms with Crippen molar-refractivity contribution in [2.24, 2.45) is 11.7 Å². The van der Waals surface area contributed by atoms with Crippen LogP contribution in [0.5, 0.6) is 0 Å². The van der Waals surface area contributed by atoms with Gasteiger partial charge in [0.25, 0.3) is 0 Å². The summed E-state index contributed by atoms with van der Waals surface area (Å²) in [6.45, 7) is 1.94. The zero-order valence-electron chi connectivity index (χ0n) is 10.6. The number of nitrogens with two attached hydrogens (primary N) is 1. The molecule has 1 aromatic carbocycles. The lowest BCUT2D eigenvalue weighted by molar-refractivity contribution is -0.147. The quantitative estimate of drug-likeness (QED) is 0.799. The Bertz CT molecular complexity index is 525. The molecular formula is C14H16N2O3. The molecule has 100 valence electrons. The van der Waals surface area contributed by atoms with Gasteiger partial charge in [-0.2, -0.15) is 0 Å². The van der Waals surface area contributed by atoms with Crippen LogP contribution in [0.15, 0.2) is 30.3 Å². The van der Waals surface area contributed by atoms with Crippen LogP contribution in [-0.2, 0) is 14.3 Å². The van der Waals surface area contributed by atoms with Crippen LogP contribution in [0, 0.1) is 5.92 Å². The summed E-state index contributed by atoms with van der Waals surface area (Å²) in [5.41, 5.74) is 7.38. The molecule has 2 rings (SSSR count). The van der Waals surface area contributed by atoms with Gasteiger partial charge in [0, 0.05) is 5.69 Å². The molecule has 2 atom stereocenters. The minimum absolute atomic E-state index is 0.241. The predicted molar refractivity (Wildman–Crippen MR) is 72.2 cm³/mol. The fourth-order valence-corrected chi connectivity index (χ4v) is 1.93. The summed E-state index contributed by atoms with van der Waals surface area (Å²) in [6.07, 6.45) is 3.43. The first-order valence-electron chi connectivity index (χ1n) is 6.13. The topological polar surface area (TPSA) is 81.4 Å². The Morgan fingerprint density at radius 3 is 2.95 bits per heavy atom. The van der Waals surface area contributed by atoms with E-state index in [1.54, 1.807) is 25.1 Å². The minimum atomic E-state index is -0.995. The molecule has 0 bridgehead atoms. The van der Waals surface area contributed by atoms with E-state index < -0.39 is 17.9 Å². The van der Waals surface area contributed by atoms with Crippen LogP contribution in [0.4, 0.5) is 5.69 Å². The van der Waals surface area contributed by atoms with Crippen LogP contribution >= 0.6 is 0 Å². The lowest BCUT2D eigenvalue weighted by Gasteiger charge is -2.17. The number of benzene rings is 1. The molecule has 1 aliphatic heterocycles. The molecule has 0 saturated heterocycles. The van der Waals surface area contributed by atoms with Gasteiger partial charge in [0.1, 0.15) is 6.04 Å². The van der Waals surface area contributed by atoms with Crippen molar-refractivity contribution in [2.45, 2.75) is 13.0 Å². The number of fused-ring (bicyclic) bond motifs is 1. The number of hydrogen-bond donors (Lipinski definition) is 2. The molecule has 19 heavy (non-hydrogen) atoms. The van der Waals surface area contributed by atoms with Gasteiger partial charge in [-0.25, -0.2) is 0 Å². The average Bonchev–Trinajstić information content (AvgIpc) is 2.56. The number of ether oxygens (including phenoxy) is 1. The monoisotopic (exact) mass is 260 g/mol. The molecule has 1 aromatic rings. The van der Waals surface area contributed by atoms with Crippen molar-refractivity contribution < 1.29 is 14.3 Å². The van der Waals surface area contributed by atoms with Crippen molar-refractivity contribution in [1.82, 2.24) is 0 Å². The summed E-state index contributed by atoms with van der Waals surface area (Å²) in [5, 5.41) is 2.76. The molecule has 0 spiro atoms. The van der Waals surface area contributed by atoms with E-state index in [0.717, 1.165) is 5.56 Å². The number of rotatable bonds is 3. The third kappa shape index (κ3) is 2.82. The molecule has 0 aromatic heterocycles. The van der Waals surface area contributed by atoms with E-state index in [0.29, 0.717) is 5.69 Å². The van der Waals surface area contributed by atoms with Crippen molar-refractivity contribution in [3.8, 4) is 0 Å². The molecule has 5 heteroatoms. The van der Waals surface area contributed by atoms with Gasteiger partial charge in [0.2, 0.25) is 5.91 Å². The standard InChI is InChI=1S/C14H16N2O3/c1-2-19-14(18)12(15)10-8-7-9-5-3-4-6-11(9)16-13(10)17/h3-8,10,12H,2,15H2,1H3,(H,16,17). The summed E-state index contributed by atoms with van der Waals surface area (Å²) >= 11 is 0. The van der Waals surface area contributed by atoms with E-state index in [1.165, 1.54) is 0 Å². The van der Waals surface area contributed by atoms with Crippen molar-refractivity contribution in [1.29, 1.82) is 0 Å². The number of carbonyl (C=O) groups is 2. The van der Waals surface area contributed by atoms with E-state index in [4.69, 9.17) is 10.5 Å². The van der Waals surface area contributed by atoms with Crippen LogP contribution in [0.2, 0.25) is 0 Å². The maximum Gasteiger partial charge on any atom is 0.324 e. The van der Waals surface area contributed by atoms with Crippen LogP contribution in [0.25, 0.3) is 6.08 Å². The fourth-order valence-electron chi connectivity index (χ4n) is 1.93. The highest BCUT2D eigenvalue weighted by Gasteiger charge is 2.31. The Labute approximate surface area is 111 Å². The minimum Gasteiger partial charge on any atom is -0.465 e. The maximum atomic E-state index is 12.1. The Kier molecular flexibility index (Phi) is 3.97. The number of nitrogens with one attached hydrogen (secondary N) is 1. The second-order valence-electron chi connectivity index (χ2n) is 4.24. The summed E-state index contributed by atoms with van der Waals surface area (Å²) in [4.78, 5) is 23.7. The zero-order valence-corrected chi connectivity index (χ0v) is 10.6. The van der Waals surface area contributed by atoms with Crippen molar-refractivity contribution in [3.05, 3.63) is 35.9 Å². The molecule has 1 amide bonds. The van der Waals surface area contributed by atoms with Crippen LogP contribution in [0.1, 0.15) is 12.5 Å². The fraction of sp³-hybridized carbons (Fsp3) is 0.286.